The van der Waals surface area contributed by atoms with Crippen molar-refractivity contribution in [3.05, 3.63) is 109 Å². The van der Waals surface area contributed by atoms with Gasteiger partial charge in [0.1, 0.15) is 5.75 Å². The molecule has 0 bridgehead atoms. The molecule has 3 N–H and O–H groups in total. The number of anilines is 5. The van der Waals surface area contributed by atoms with Crippen LogP contribution >= 0.6 is 0 Å². The van der Waals surface area contributed by atoms with Gasteiger partial charge < -0.3 is 20.7 Å². The van der Waals surface area contributed by atoms with Crippen molar-refractivity contribution < 1.29 is 9.53 Å². The number of hydrogen-bond donors (Lipinski definition) is 3. The fourth-order valence-corrected chi connectivity index (χ4v) is 3.70. The van der Waals surface area contributed by atoms with Crippen molar-refractivity contribution in [1.82, 2.24) is 9.97 Å². The van der Waals surface area contributed by atoms with Gasteiger partial charge in [-0.25, -0.2) is 0 Å². The molecule has 7 heteroatoms. The summed E-state index contributed by atoms with van der Waals surface area (Å²) >= 11 is 0. The van der Waals surface area contributed by atoms with Crippen LogP contribution in [0.15, 0.2) is 104 Å². The Bertz CT molecular complexity index is 1470. The molecule has 0 aliphatic heterocycles. The molecule has 0 aliphatic carbocycles. The maximum atomic E-state index is 12.8. The van der Waals surface area contributed by atoms with Crippen LogP contribution in [0.3, 0.4) is 0 Å². The van der Waals surface area contributed by atoms with Crippen molar-refractivity contribution >= 4 is 45.2 Å². The van der Waals surface area contributed by atoms with Crippen molar-refractivity contribution in [3.63, 3.8) is 0 Å². The molecule has 35 heavy (non-hydrogen) atoms. The third-order valence-corrected chi connectivity index (χ3v) is 5.46. The number of pyridine rings is 2. The zero-order valence-corrected chi connectivity index (χ0v) is 19.0. The molecule has 0 spiro atoms. The van der Waals surface area contributed by atoms with E-state index in [9.17, 15) is 4.79 Å². The molecule has 0 saturated heterocycles. The van der Waals surface area contributed by atoms with Gasteiger partial charge in [0.25, 0.3) is 5.91 Å². The van der Waals surface area contributed by atoms with Gasteiger partial charge in [-0.15, -0.1) is 0 Å². The Balaban J connectivity index is 1.29. The van der Waals surface area contributed by atoms with Crippen LogP contribution in [0.4, 0.5) is 28.4 Å². The minimum Gasteiger partial charge on any atom is -0.497 e. The molecule has 0 saturated carbocycles. The lowest BCUT2D eigenvalue weighted by atomic mass is 10.1. The highest BCUT2D eigenvalue weighted by Gasteiger charge is 2.08. The lowest BCUT2D eigenvalue weighted by Crippen LogP contribution is -2.11. The van der Waals surface area contributed by atoms with Crippen molar-refractivity contribution in [3.8, 4) is 5.75 Å². The molecule has 0 radical (unpaired) electrons. The molecule has 7 nitrogen and oxygen atoms in total. The SMILES string of the molecule is COc1ccc2nccc(Nc3cccc(NC(=O)c4ccc(Nc5ccncc5)cc4)c3)c2c1. The Kier molecular flexibility index (Phi) is 6.21. The number of rotatable bonds is 7. The van der Waals surface area contributed by atoms with Gasteiger partial charge in [-0.2, -0.15) is 0 Å². The Morgan fingerprint density at radius 3 is 2.31 bits per heavy atom. The molecule has 0 atom stereocenters. The minimum absolute atomic E-state index is 0.184. The molecule has 3 aromatic carbocycles. The molecular weight excluding hydrogens is 438 g/mol. The van der Waals surface area contributed by atoms with E-state index in [4.69, 9.17) is 4.74 Å². The Labute approximate surface area is 202 Å². The first kappa shape index (κ1) is 21.9. The third kappa shape index (κ3) is 5.20. The standard InChI is InChI=1S/C28H23N5O2/c1-35-24-9-10-26-25(18-24)27(13-16-30-26)32-22-3-2-4-23(17-22)33-28(34)19-5-7-20(8-6-19)31-21-11-14-29-15-12-21/h2-18H,1H3,(H,29,31)(H,30,32)(H,33,34). The van der Waals surface area contributed by atoms with Gasteiger partial charge in [-0.1, -0.05) is 6.07 Å². The van der Waals surface area contributed by atoms with Crippen LogP contribution in [0.2, 0.25) is 0 Å². The lowest BCUT2D eigenvalue weighted by molar-refractivity contribution is 0.102. The molecule has 5 aromatic rings. The Morgan fingerprint density at radius 2 is 1.51 bits per heavy atom. The number of nitrogens with zero attached hydrogens (tertiary/aromatic N) is 2. The molecule has 0 unspecified atom stereocenters. The number of carbonyl (C=O) groups is 1. The van der Waals surface area contributed by atoms with Crippen molar-refractivity contribution in [2.75, 3.05) is 23.1 Å². The van der Waals surface area contributed by atoms with Gasteiger partial charge in [-0.3, -0.25) is 14.8 Å². The Morgan fingerprint density at radius 1 is 0.743 bits per heavy atom. The van der Waals surface area contributed by atoms with Crippen molar-refractivity contribution in [2.24, 2.45) is 0 Å². The summed E-state index contributed by atoms with van der Waals surface area (Å²) in [6, 6.07) is 26.3. The second-order valence-corrected chi connectivity index (χ2v) is 7.84. The van der Waals surface area contributed by atoms with Crippen molar-refractivity contribution in [1.29, 1.82) is 0 Å². The van der Waals surface area contributed by atoms with Crippen LogP contribution in [0.25, 0.3) is 10.9 Å². The van der Waals surface area contributed by atoms with E-state index in [1.165, 1.54) is 0 Å². The van der Waals surface area contributed by atoms with Crippen LogP contribution in [0, 0.1) is 0 Å². The van der Waals surface area contributed by atoms with E-state index in [1.54, 1.807) is 37.8 Å². The summed E-state index contributed by atoms with van der Waals surface area (Å²) in [4.78, 5) is 21.2. The Hall–Kier alpha value is -4.91. The van der Waals surface area contributed by atoms with Gasteiger partial charge in [0.15, 0.2) is 0 Å². The van der Waals surface area contributed by atoms with E-state index < -0.39 is 0 Å². The highest BCUT2D eigenvalue weighted by Crippen LogP contribution is 2.29. The predicted molar refractivity (Wildman–Crippen MR) is 140 cm³/mol. The van der Waals surface area contributed by atoms with Crippen LogP contribution in [-0.4, -0.2) is 23.0 Å². The summed E-state index contributed by atoms with van der Waals surface area (Å²) in [6.07, 6.45) is 5.21. The second kappa shape index (κ2) is 9.93. The summed E-state index contributed by atoms with van der Waals surface area (Å²) < 4.78 is 5.36. The summed E-state index contributed by atoms with van der Waals surface area (Å²) in [6.45, 7) is 0. The lowest BCUT2D eigenvalue weighted by Gasteiger charge is -2.12. The topological polar surface area (TPSA) is 88.2 Å². The van der Waals surface area contributed by atoms with E-state index in [1.807, 2.05) is 72.8 Å². The monoisotopic (exact) mass is 461 g/mol. The molecule has 172 valence electrons. The first-order valence-electron chi connectivity index (χ1n) is 11.1. The number of benzene rings is 3. The number of carbonyl (C=O) groups excluding carboxylic acids is 1. The van der Waals surface area contributed by atoms with E-state index in [2.05, 4.69) is 25.9 Å². The van der Waals surface area contributed by atoms with Gasteiger partial charge in [0.2, 0.25) is 0 Å². The number of methoxy groups -OCH3 is 1. The molecule has 1 amide bonds. The zero-order chi connectivity index (χ0) is 24.0. The van der Waals surface area contributed by atoms with Crippen LogP contribution < -0.4 is 20.7 Å². The predicted octanol–water partition coefficient (Wildman–Crippen LogP) is 6.38. The van der Waals surface area contributed by atoms with Gasteiger partial charge in [0, 0.05) is 58.0 Å². The van der Waals surface area contributed by atoms with E-state index in [-0.39, 0.29) is 5.91 Å². The molecule has 2 heterocycles. The van der Waals surface area contributed by atoms with E-state index in [0.717, 1.165) is 39.4 Å². The number of aromatic nitrogens is 2. The quantitative estimate of drug-likeness (QED) is 0.261. The van der Waals surface area contributed by atoms with Gasteiger partial charge >= 0.3 is 0 Å². The molecule has 0 aliphatic rings. The first-order valence-corrected chi connectivity index (χ1v) is 11.1. The minimum atomic E-state index is -0.184. The van der Waals surface area contributed by atoms with Gasteiger partial charge in [0.05, 0.1) is 12.6 Å². The summed E-state index contributed by atoms with van der Waals surface area (Å²) in [7, 11) is 1.64. The number of ether oxygens (including phenoxy) is 1. The van der Waals surface area contributed by atoms with E-state index in [0.29, 0.717) is 11.3 Å². The average molecular weight is 462 g/mol. The fourth-order valence-electron chi connectivity index (χ4n) is 3.70. The first-order chi connectivity index (χ1) is 17.2. The summed E-state index contributed by atoms with van der Waals surface area (Å²) in [5.41, 5.74) is 5.68. The zero-order valence-electron chi connectivity index (χ0n) is 19.0. The summed E-state index contributed by atoms with van der Waals surface area (Å²) in [5, 5.41) is 10.6. The molecule has 0 fully saturated rings. The highest BCUT2D eigenvalue weighted by atomic mass is 16.5. The van der Waals surface area contributed by atoms with Crippen molar-refractivity contribution in [2.45, 2.75) is 0 Å². The number of amides is 1. The molecule has 2 aromatic heterocycles. The maximum Gasteiger partial charge on any atom is 0.255 e. The van der Waals surface area contributed by atoms with E-state index >= 15 is 0 Å². The number of nitrogens with one attached hydrogen (secondary N) is 3. The summed E-state index contributed by atoms with van der Waals surface area (Å²) in [5.74, 6) is 0.577. The smallest absolute Gasteiger partial charge is 0.255 e. The number of hydrogen-bond acceptors (Lipinski definition) is 6. The second-order valence-electron chi connectivity index (χ2n) is 7.84. The van der Waals surface area contributed by atoms with Crippen LogP contribution in [0.5, 0.6) is 5.75 Å². The average Bonchev–Trinajstić information content (AvgIpc) is 2.90. The van der Waals surface area contributed by atoms with Gasteiger partial charge in [-0.05, 0) is 78.9 Å². The van der Waals surface area contributed by atoms with Crippen LogP contribution in [-0.2, 0) is 0 Å². The molecular formula is C28H23N5O2. The largest absolute Gasteiger partial charge is 0.497 e. The number of fused-ring (bicyclic) bond motifs is 1. The third-order valence-electron chi connectivity index (χ3n) is 5.46. The van der Waals surface area contributed by atoms with Crippen LogP contribution in [0.1, 0.15) is 10.4 Å². The fraction of sp³-hybridized carbons (Fsp3) is 0.0357. The molecule has 5 rings (SSSR count). The maximum absolute atomic E-state index is 12.8. The normalized spacial score (nSPS) is 10.5. The highest BCUT2D eigenvalue weighted by molar-refractivity contribution is 6.04.